The summed E-state index contributed by atoms with van der Waals surface area (Å²) in [5, 5.41) is 1.72. The smallest absolute Gasteiger partial charge is 0.307 e. The van der Waals surface area contributed by atoms with Crippen LogP contribution < -0.4 is 9.77 Å². The van der Waals surface area contributed by atoms with Crippen molar-refractivity contribution in [3.63, 3.8) is 0 Å². The maximum absolute atomic E-state index is 12.8. The van der Waals surface area contributed by atoms with Crippen LogP contribution in [0, 0.1) is 12.7 Å². The number of benzene rings is 1. The Balaban J connectivity index is 2.16. The summed E-state index contributed by atoms with van der Waals surface area (Å²) in [7, 11) is 1.60. The van der Waals surface area contributed by atoms with Gasteiger partial charge in [0.1, 0.15) is 12.4 Å². The fourth-order valence-corrected chi connectivity index (χ4v) is 2.38. The van der Waals surface area contributed by atoms with Gasteiger partial charge in [0.05, 0.1) is 0 Å². The number of hydrogen-bond acceptors (Lipinski definition) is 3. The Hall–Kier alpha value is -1.95. The van der Waals surface area contributed by atoms with Crippen LogP contribution in [-0.4, -0.2) is 17.5 Å². The first-order valence-electron chi connectivity index (χ1n) is 5.66. The lowest BCUT2D eigenvalue weighted by Crippen LogP contribution is -2.32. The summed E-state index contributed by atoms with van der Waals surface area (Å²) < 4.78 is 14.2. The Labute approximate surface area is 113 Å². The van der Waals surface area contributed by atoms with E-state index in [9.17, 15) is 14.0 Å². The van der Waals surface area contributed by atoms with Gasteiger partial charge in [0, 0.05) is 23.8 Å². The summed E-state index contributed by atoms with van der Waals surface area (Å²) in [6, 6.07) is 5.63. The predicted molar refractivity (Wildman–Crippen MR) is 73.1 cm³/mol. The topological polar surface area (TPSA) is 42.3 Å². The van der Waals surface area contributed by atoms with E-state index < -0.39 is 0 Å². The molecule has 0 N–H and O–H groups in total. The molecule has 6 heteroatoms. The van der Waals surface area contributed by atoms with Crippen molar-refractivity contribution in [1.29, 1.82) is 0 Å². The van der Waals surface area contributed by atoms with Gasteiger partial charge in [0.2, 0.25) is 5.91 Å². The minimum absolute atomic E-state index is 0.0119. The van der Waals surface area contributed by atoms with E-state index in [4.69, 9.17) is 0 Å². The zero-order valence-corrected chi connectivity index (χ0v) is 11.4. The third-order valence-electron chi connectivity index (χ3n) is 2.86. The van der Waals surface area contributed by atoms with Crippen molar-refractivity contribution in [1.82, 2.24) is 4.57 Å². The molecule has 1 amide bonds. The van der Waals surface area contributed by atoms with Crippen molar-refractivity contribution in [2.75, 3.05) is 11.9 Å². The van der Waals surface area contributed by atoms with Gasteiger partial charge in [-0.15, -0.1) is 0 Å². The third kappa shape index (κ3) is 2.90. The van der Waals surface area contributed by atoms with Gasteiger partial charge >= 0.3 is 4.87 Å². The van der Waals surface area contributed by atoms with E-state index in [1.165, 1.54) is 33.7 Å². The number of carbonyl (C=O) groups excluding carboxylic acids is 1. The van der Waals surface area contributed by atoms with E-state index in [1.54, 1.807) is 19.4 Å². The first-order valence-corrected chi connectivity index (χ1v) is 6.54. The maximum atomic E-state index is 12.8. The van der Waals surface area contributed by atoms with E-state index in [0.717, 1.165) is 17.0 Å². The molecule has 0 unspecified atom stereocenters. The van der Waals surface area contributed by atoms with Crippen molar-refractivity contribution >= 4 is 22.9 Å². The lowest BCUT2D eigenvalue weighted by atomic mass is 10.3. The highest BCUT2D eigenvalue weighted by atomic mass is 32.1. The van der Waals surface area contributed by atoms with Crippen LogP contribution in [0.2, 0.25) is 0 Å². The second-order valence-corrected chi connectivity index (χ2v) is 4.98. The number of rotatable bonds is 3. The molecule has 2 rings (SSSR count). The molecule has 0 fully saturated rings. The Bertz CT molecular complexity index is 645. The zero-order chi connectivity index (χ0) is 14.0. The number of aryl methyl sites for hydroxylation is 1. The second-order valence-electron chi connectivity index (χ2n) is 4.16. The molecule has 0 aliphatic rings. The normalized spacial score (nSPS) is 10.5. The molecule has 0 saturated heterocycles. The lowest BCUT2D eigenvalue weighted by molar-refractivity contribution is -0.118. The molecule has 1 aromatic carbocycles. The molecule has 4 nitrogen and oxygen atoms in total. The van der Waals surface area contributed by atoms with Crippen LogP contribution in [0.5, 0.6) is 0 Å². The molecule has 0 atom stereocenters. The van der Waals surface area contributed by atoms with Crippen LogP contribution in [0.15, 0.2) is 34.4 Å². The summed E-state index contributed by atoms with van der Waals surface area (Å²) >= 11 is 1.07. The molecular formula is C13H13FN2O2S. The Morgan fingerprint density at radius 1 is 1.37 bits per heavy atom. The van der Waals surface area contributed by atoms with Crippen molar-refractivity contribution in [2.45, 2.75) is 13.5 Å². The number of thiazole rings is 1. The number of halogens is 1. The molecule has 0 bridgehead atoms. The fourth-order valence-electron chi connectivity index (χ4n) is 1.65. The summed E-state index contributed by atoms with van der Waals surface area (Å²) in [6.07, 6.45) is 0. The summed E-state index contributed by atoms with van der Waals surface area (Å²) in [5.74, 6) is -0.579. The van der Waals surface area contributed by atoms with Crippen molar-refractivity contribution in [3.05, 3.63) is 50.8 Å². The van der Waals surface area contributed by atoms with Crippen LogP contribution in [0.1, 0.15) is 5.69 Å². The predicted octanol–water partition coefficient (Wildman–Crippen LogP) is 2.02. The van der Waals surface area contributed by atoms with Crippen LogP contribution in [-0.2, 0) is 11.3 Å². The average Bonchev–Trinajstić information content (AvgIpc) is 2.70. The van der Waals surface area contributed by atoms with E-state index in [1.807, 2.05) is 0 Å². The Kier molecular flexibility index (Phi) is 3.80. The van der Waals surface area contributed by atoms with Gasteiger partial charge in [-0.05, 0) is 31.2 Å². The molecule has 0 spiro atoms. The molecule has 100 valence electrons. The van der Waals surface area contributed by atoms with Gasteiger partial charge in [-0.25, -0.2) is 4.39 Å². The zero-order valence-electron chi connectivity index (χ0n) is 10.6. The average molecular weight is 280 g/mol. The van der Waals surface area contributed by atoms with E-state index >= 15 is 0 Å². The number of hydrogen-bond donors (Lipinski definition) is 0. The van der Waals surface area contributed by atoms with Gasteiger partial charge in [0.15, 0.2) is 0 Å². The highest BCUT2D eigenvalue weighted by Crippen LogP contribution is 2.13. The molecular weight excluding hydrogens is 267 g/mol. The SMILES string of the molecule is Cc1csc(=O)n1CC(=O)N(C)c1ccc(F)cc1. The van der Waals surface area contributed by atoms with Crippen molar-refractivity contribution in [3.8, 4) is 0 Å². The first kappa shape index (κ1) is 13.5. The van der Waals surface area contributed by atoms with Crippen LogP contribution >= 0.6 is 11.3 Å². The summed E-state index contributed by atoms with van der Waals surface area (Å²) in [4.78, 5) is 24.9. The summed E-state index contributed by atoms with van der Waals surface area (Å²) in [5.41, 5.74) is 1.35. The van der Waals surface area contributed by atoms with E-state index in [0.29, 0.717) is 5.69 Å². The molecule has 0 saturated carbocycles. The van der Waals surface area contributed by atoms with Gasteiger partial charge in [-0.3, -0.25) is 14.2 Å². The molecule has 0 radical (unpaired) electrons. The lowest BCUT2D eigenvalue weighted by Gasteiger charge is -2.17. The summed E-state index contributed by atoms with van der Waals surface area (Å²) in [6.45, 7) is 1.77. The molecule has 2 aromatic rings. The molecule has 19 heavy (non-hydrogen) atoms. The van der Waals surface area contributed by atoms with Crippen LogP contribution in [0.3, 0.4) is 0 Å². The van der Waals surface area contributed by atoms with Crippen molar-refractivity contribution in [2.24, 2.45) is 0 Å². The largest absolute Gasteiger partial charge is 0.314 e. The minimum atomic E-state index is -0.352. The number of nitrogens with zero attached hydrogens (tertiary/aromatic N) is 2. The third-order valence-corrected chi connectivity index (χ3v) is 3.74. The van der Waals surface area contributed by atoms with Crippen molar-refractivity contribution < 1.29 is 9.18 Å². The first-order chi connectivity index (χ1) is 8.99. The van der Waals surface area contributed by atoms with Gasteiger partial charge in [-0.2, -0.15) is 0 Å². The Morgan fingerprint density at radius 2 is 2.00 bits per heavy atom. The van der Waals surface area contributed by atoms with Crippen LogP contribution in [0.4, 0.5) is 10.1 Å². The molecule has 1 heterocycles. The number of carbonyl (C=O) groups is 1. The highest BCUT2D eigenvalue weighted by molar-refractivity contribution is 7.07. The van der Waals surface area contributed by atoms with Crippen LogP contribution in [0.25, 0.3) is 0 Å². The van der Waals surface area contributed by atoms with Gasteiger partial charge < -0.3 is 4.90 Å². The quantitative estimate of drug-likeness (QED) is 0.863. The fraction of sp³-hybridized carbons (Fsp3) is 0.231. The number of aromatic nitrogens is 1. The minimum Gasteiger partial charge on any atom is -0.314 e. The standard InChI is InChI=1S/C13H13FN2O2S/c1-9-8-19-13(18)16(9)7-12(17)15(2)11-5-3-10(14)4-6-11/h3-6,8H,7H2,1-2H3. The monoisotopic (exact) mass is 280 g/mol. The molecule has 0 aliphatic heterocycles. The second kappa shape index (κ2) is 5.36. The number of amides is 1. The highest BCUT2D eigenvalue weighted by Gasteiger charge is 2.14. The van der Waals surface area contributed by atoms with E-state index in [-0.39, 0.29) is 23.1 Å². The van der Waals surface area contributed by atoms with E-state index in [2.05, 4.69) is 0 Å². The van der Waals surface area contributed by atoms with Gasteiger partial charge in [-0.1, -0.05) is 11.3 Å². The molecule has 0 aliphatic carbocycles. The maximum Gasteiger partial charge on any atom is 0.307 e. The molecule has 1 aromatic heterocycles. The Morgan fingerprint density at radius 3 is 2.53 bits per heavy atom. The number of anilines is 1. The van der Waals surface area contributed by atoms with Gasteiger partial charge in [0.25, 0.3) is 0 Å². The number of likely N-dealkylation sites (N-methyl/N-ethyl adjacent to an activating group) is 1.